The molecule has 0 bridgehead atoms. The lowest BCUT2D eigenvalue weighted by atomic mass is 10.2. The molecule has 66 valence electrons. The molecule has 1 unspecified atom stereocenters. The monoisotopic (exact) mass is 168 g/mol. The van der Waals surface area contributed by atoms with E-state index in [0.717, 1.165) is 13.0 Å². The zero-order valence-electron chi connectivity index (χ0n) is 7.03. The van der Waals surface area contributed by atoms with Crippen LogP contribution in [0.4, 0.5) is 5.95 Å². The molecule has 1 aliphatic heterocycles. The molecule has 0 amide bonds. The van der Waals surface area contributed by atoms with Crippen LogP contribution in [-0.4, -0.2) is 28.6 Å². The third-order valence-electron chi connectivity index (χ3n) is 2.26. The molecule has 2 rings (SSSR count). The fraction of sp³-hybridized carbons (Fsp3) is 0.714. The lowest BCUT2D eigenvalue weighted by Gasteiger charge is -2.13. The second kappa shape index (κ2) is 2.75. The van der Waals surface area contributed by atoms with E-state index in [1.807, 2.05) is 0 Å². The van der Waals surface area contributed by atoms with E-state index in [9.17, 15) is 0 Å². The summed E-state index contributed by atoms with van der Waals surface area (Å²) < 4.78 is 4.99. The first-order valence-corrected chi connectivity index (χ1v) is 4.06. The predicted molar refractivity (Wildman–Crippen MR) is 43.3 cm³/mol. The molecule has 1 aliphatic rings. The smallest absolute Gasteiger partial charge is 0.260 e. The van der Waals surface area contributed by atoms with Crippen molar-refractivity contribution >= 4 is 5.95 Å². The van der Waals surface area contributed by atoms with Gasteiger partial charge in [-0.3, -0.25) is 4.90 Å². The summed E-state index contributed by atoms with van der Waals surface area (Å²) in [6.45, 7) is 1.09. The molecule has 0 aliphatic carbocycles. The molecule has 1 aromatic rings. The van der Waals surface area contributed by atoms with Gasteiger partial charge >= 0.3 is 0 Å². The molecular weight excluding hydrogens is 156 g/mol. The average Bonchev–Trinajstić information content (AvgIpc) is 2.58. The quantitative estimate of drug-likeness (QED) is 0.658. The highest BCUT2D eigenvalue weighted by Gasteiger charge is 2.27. The van der Waals surface area contributed by atoms with Gasteiger partial charge in [-0.25, -0.2) is 0 Å². The Morgan fingerprint density at radius 2 is 2.50 bits per heavy atom. The number of aromatic nitrogens is 2. The molecule has 5 nitrogen and oxygen atoms in total. The number of hydrogen-bond donors (Lipinski definition) is 1. The van der Waals surface area contributed by atoms with Crippen molar-refractivity contribution in [1.29, 1.82) is 0 Å². The minimum Gasteiger partial charge on any atom is -0.365 e. The Bertz CT molecular complexity index is 272. The number of rotatable bonds is 1. The first kappa shape index (κ1) is 7.54. The summed E-state index contributed by atoms with van der Waals surface area (Å²) in [5.41, 5.74) is 5.36. The molecule has 0 saturated carbocycles. The third kappa shape index (κ3) is 1.16. The van der Waals surface area contributed by atoms with Gasteiger partial charge in [0.2, 0.25) is 5.89 Å². The first-order valence-electron chi connectivity index (χ1n) is 4.06. The van der Waals surface area contributed by atoms with Crippen LogP contribution in [0.15, 0.2) is 4.52 Å². The molecule has 2 N–H and O–H groups in total. The summed E-state index contributed by atoms with van der Waals surface area (Å²) in [6, 6.07) is 0.273. The number of likely N-dealkylation sites (tertiary alicyclic amines) is 1. The summed E-state index contributed by atoms with van der Waals surface area (Å²) in [5.74, 6) is 0.873. The second-order valence-electron chi connectivity index (χ2n) is 3.13. The number of nitrogen functional groups attached to an aromatic ring is 1. The maximum absolute atomic E-state index is 5.36. The molecule has 0 aromatic carbocycles. The highest BCUT2D eigenvalue weighted by atomic mass is 16.5. The number of anilines is 1. The highest BCUT2D eigenvalue weighted by molar-refractivity contribution is 5.12. The van der Waals surface area contributed by atoms with Gasteiger partial charge in [-0.2, -0.15) is 4.98 Å². The summed E-state index contributed by atoms with van der Waals surface area (Å²) in [6.07, 6.45) is 2.27. The van der Waals surface area contributed by atoms with Crippen molar-refractivity contribution in [2.45, 2.75) is 18.9 Å². The second-order valence-corrected chi connectivity index (χ2v) is 3.13. The molecule has 1 aromatic heterocycles. The van der Waals surface area contributed by atoms with Gasteiger partial charge in [0.1, 0.15) is 0 Å². The van der Waals surface area contributed by atoms with E-state index in [1.165, 1.54) is 6.42 Å². The van der Waals surface area contributed by atoms with Crippen molar-refractivity contribution in [3.8, 4) is 0 Å². The minimum atomic E-state index is 0.227. The van der Waals surface area contributed by atoms with Crippen molar-refractivity contribution in [2.24, 2.45) is 0 Å². The van der Waals surface area contributed by atoms with Crippen molar-refractivity contribution in [3.05, 3.63) is 5.89 Å². The Hall–Kier alpha value is -1.10. The fourth-order valence-electron chi connectivity index (χ4n) is 1.60. The van der Waals surface area contributed by atoms with E-state index in [2.05, 4.69) is 22.1 Å². The highest BCUT2D eigenvalue weighted by Crippen LogP contribution is 2.28. The Labute approximate surface area is 70.5 Å². The molecule has 0 spiro atoms. The van der Waals surface area contributed by atoms with Gasteiger partial charge in [0, 0.05) is 0 Å². The molecule has 1 saturated heterocycles. The molecular formula is C7H12N4O. The zero-order chi connectivity index (χ0) is 8.55. The first-order chi connectivity index (χ1) is 5.77. The van der Waals surface area contributed by atoms with Crippen molar-refractivity contribution in [1.82, 2.24) is 15.0 Å². The predicted octanol–water partition coefficient (Wildman–Crippen LogP) is 0.418. The summed E-state index contributed by atoms with van der Waals surface area (Å²) in [4.78, 5) is 6.20. The zero-order valence-corrected chi connectivity index (χ0v) is 7.03. The average molecular weight is 168 g/mol. The normalized spacial score (nSPS) is 24.9. The third-order valence-corrected chi connectivity index (χ3v) is 2.26. The van der Waals surface area contributed by atoms with Gasteiger partial charge in [0.15, 0.2) is 0 Å². The maximum atomic E-state index is 5.36. The van der Waals surface area contributed by atoms with Crippen LogP contribution in [-0.2, 0) is 0 Å². The van der Waals surface area contributed by atoms with Crippen LogP contribution >= 0.6 is 0 Å². The molecule has 12 heavy (non-hydrogen) atoms. The number of nitrogens with zero attached hydrogens (tertiary/aromatic N) is 3. The van der Waals surface area contributed by atoms with E-state index >= 15 is 0 Å². The molecule has 1 atom stereocenters. The van der Waals surface area contributed by atoms with Gasteiger partial charge in [-0.15, -0.1) is 0 Å². The van der Waals surface area contributed by atoms with E-state index < -0.39 is 0 Å². The summed E-state index contributed by atoms with van der Waals surface area (Å²) >= 11 is 0. The number of nitrogens with two attached hydrogens (primary N) is 1. The van der Waals surface area contributed by atoms with E-state index in [0.29, 0.717) is 5.89 Å². The van der Waals surface area contributed by atoms with Gasteiger partial charge in [0.25, 0.3) is 5.95 Å². The molecule has 0 radical (unpaired) electrons. The van der Waals surface area contributed by atoms with Crippen molar-refractivity contribution in [3.63, 3.8) is 0 Å². The van der Waals surface area contributed by atoms with Gasteiger partial charge in [-0.05, 0) is 31.6 Å². The number of hydrogen-bond acceptors (Lipinski definition) is 5. The molecule has 1 fully saturated rings. The Balaban J connectivity index is 2.19. The Kier molecular flexibility index (Phi) is 1.73. The van der Waals surface area contributed by atoms with Crippen LogP contribution in [0.25, 0.3) is 0 Å². The Morgan fingerprint density at radius 1 is 1.67 bits per heavy atom. The largest absolute Gasteiger partial charge is 0.365 e. The van der Waals surface area contributed by atoms with Gasteiger partial charge < -0.3 is 10.3 Å². The van der Waals surface area contributed by atoms with Crippen LogP contribution in [0.2, 0.25) is 0 Å². The van der Waals surface area contributed by atoms with Crippen LogP contribution in [0, 0.1) is 0 Å². The van der Waals surface area contributed by atoms with Gasteiger partial charge in [0.05, 0.1) is 6.04 Å². The lowest BCUT2D eigenvalue weighted by Crippen LogP contribution is -2.17. The van der Waals surface area contributed by atoms with Crippen LogP contribution in [0.3, 0.4) is 0 Å². The summed E-state index contributed by atoms with van der Waals surface area (Å²) in [7, 11) is 2.05. The van der Waals surface area contributed by atoms with E-state index in [4.69, 9.17) is 10.3 Å². The van der Waals surface area contributed by atoms with Crippen LogP contribution < -0.4 is 5.73 Å². The molecule has 2 heterocycles. The fourth-order valence-corrected chi connectivity index (χ4v) is 1.60. The van der Waals surface area contributed by atoms with Crippen molar-refractivity contribution < 1.29 is 4.52 Å². The van der Waals surface area contributed by atoms with Crippen LogP contribution in [0.5, 0.6) is 0 Å². The van der Waals surface area contributed by atoms with Gasteiger partial charge in [-0.1, -0.05) is 0 Å². The van der Waals surface area contributed by atoms with Crippen molar-refractivity contribution in [2.75, 3.05) is 19.3 Å². The standard InChI is InChI=1S/C7H12N4O/c1-11-4-2-3-5(11)6-9-7(8)10-12-6/h5H,2-4H2,1H3,(H2,8,10). The SMILES string of the molecule is CN1CCCC1c1nc(N)no1. The lowest BCUT2D eigenvalue weighted by molar-refractivity contribution is 0.245. The molecule has 5 heteroatoms. The minimum absolute atomic E-state index is 0.227. The van der Waals surface area contributed by atoms with E-state index in [1.54, 1.807) is 0 Å². The maximum Gasteiger partial charge on any atom is 0.260 e. The van der Waals surface area contributed by atoms with Crippen LogP contribution in [0.1, 0.15) is 24.8 Å². The van der Waals surface area contributed by atoms with E-state index in [-0.39, 0.29) is 12.0 Å². The Morgan fingerprint density at radius 3 is 3.00 bits per heavy atom. The topological polar surface area (TPSA) is 68.2 Å². The summed E-state index contributed by atoms with van der Waals surface area (Å²) in [5, 5.41) is 3.56.